The van der Waals surface area contributed by atoms with Gasteiger partial charge in [-0.05, 0) is 32.0 Å². The maximum Gasteiger partial charge on any atom is 0.192 e. The topological polar surface area (TPSA) is 44.8 Å². The molecule has 0 aromatic heterocycles. The summed E-state index contributed by atoms with van der Waals surface area (Å²) < 4.78 is 17.7. The lowest BCUT2D eigenvalue weighted by atomic mass is 10.2. The van der Waals surface area contributed by atoms with Crippen molar-refractivity contribution in [3.8, 4) is 0 Å². The molecule has 0 spiro atoms. The highest BCUT2D eigenvalue weighted by atomic mass is 28.4. The van der Waals surface area contributed by atoms with Crippen LogP contribution in [0.5, 0.6) is 0 Å². The molecule has 2 atom stereocenters. The number of hydrogen-bond donors (Lipinski definition) is 0. The van der Waals surface area contributed by atoms with Gasteiger partial charge in [-0.2, -0.15) is 0 Å². The first-order valence-electron chi connectivity index (χ1n) is 6.92. The maximum atomic E-state index is 10.7. The van der Waals surface area contributed by atoms with Crippen LogP contribution in [0.3, 0.4) is 0 Å². The molecule has 1 saturated heterocycles. The van der Waals surface area contributed by atoms with Gasteiger partial charge < -0.3 is 18.7 Å². The second-order valence-electron chi connectivity index (χ2n) is 7.19. The van der Waals surface area contributed by atoms with Gasteiger partial charge in [0.25, 0.3) is 0 Å². The first-order chi connectivity index (χ1) is 8.48. The normalized spacial score (nSPS) is 27.5. The fraction of sp³-hybridized carbons (Fsp3) is 0.929. The van der Waals surface area contributed by atoms with E-state index in [4.69, 9.17) is 13.9 Å². The van der Waals surface area contributed by atoms with Gasteiger partial charge in [0, 0.05) is 6.42 Å². The summed E-state index contributed by atoms with van der Waals surface area (Å²) in [6, 6.07) is 0. The van der Waals surface area contributed by atoms with Gasteiger partial charge in [0.05, 0.1) is 12.7 Å². The Labute approximate surface area is 117 Å². The number of carbonyl (C=O) groups excluding carboxylic acids is 1. The quantitative estimate of drug-likeness (QED) is 0.576. The largest absolute Gasteiger partial charge is 0.414 e. The van der Waals surface area contributed by atoms with E-state index < -0.39 is 14.1 Å². The van der Waals surface area contributed by atoms with Crippen molar-refractivity contribution in [2.24, 2.45) is 0 Å². The summed E-state index contributed by atoms with van der Waals surface area (Å²) in [6.07, 6.45) is 0.885. The first kappa shape index (κ1) is 16.8. The van der Waals surface area contributed by atoms with E-state index in [0.717, 1.165) is 6.29 Å². The number of ether oxygens (including phenoxy) is 2. The molecule has 0 aliphatic carbocycles. The van der Waals surface area contributed by atoms with Crippen LogP contribution in [0, 0.1) is 0 Å². The van der Waals surface area contributed by atoms with Gasteiger partial charge in [0.2, 0.25) is 0 Å². The lowest BCUT2D eigenvalue weighted by Gasteiger charge is -2.37. The Kier molecular flexibility index (Phi) is 4.99. The highest BCUT2D eigenvalue weighted by Crippen LogP contribution is 2.38. The van der Waals surface area contributed by atoms with E-state index in [1.807, 2.05) is 13.8 Å². The molecular weight excluding hydrogens is 260 g/mol. The highest BCUT2D eigenvalue weighted by Gasteiger charge is 2.43. The predicted molar refractivity (Wildman–Crippen MR) is 77.7 cm³/mol. The Morgan fingerprint density at radius 1 is 1.21 bits per heavy atom. The highest BCUT2D eigenvalue weighted by molar-refractivity contribution is 6.74. The Morgan fingerprint density at radius 3 is 2.21 bits per heavy atom. The Hall–Kier alpha value is -0.233. The summed E-state index contributed by atoms with van der Waals surface area (Å²) in [5.41, 5.74) is 0. The van der Waals surface area contributed by atoms with Crippen LogP contribution < -0.4 is 0 Å². The molecule has 0 bridgehead atoms. The lowest BCUT2D eigenvalue weighted by Crippen LogP contribution is -2.44. The molecular formula is C14H28O4Si. The fourth-order valence-electron chi connectivity index (χ4n) is 1.85. The average Bonchev–Trinajstić information content (AvgIpc) is 2.49. The van der Waals surface area contributed by atoms with Crippen molar-refractivity contribution in [1.82, 2.24) is 0 Å². The molecule has 0 unspecified atom stereocenters. The van der Waals surface area contributed by atoms with E-state index in [-0.39, 0.29) is 17.2 Å². The van der Waals surface area contributed by atoms with Crippen LogP contribution in [-0.2, 0) is 18.7 Å². The summed E-state index contributed by atoms with van der Waals surface area (Å²) in [7, 11) is -1.80. The SMILES string of the molecule is CC1(C)O[C@@H](CC=O)[C@@H](CO[Si](C)(C)C(C)(C)C)O1. The molecule has 1 rings (SSSR count). The molecule has 0 radical (unpaired) electrons. The summed E-state index contributed by atoms with van der Waals surface area (Å²) in [4.78, 5) is 10.7. The monoisotopic (exact) mass is 288 g/mol. The van der Waals surface area contributed by atoms with Gasteiger partial charge in [-0.15, -0.1) is 0 Å². The Bertz CT molecular complexity index is 320. The zero-order valence-corrected chi connectivity index (χ0v) is 14.3. The number of rotatable bonds is 5. The molecule has 1 aliphatic heterocycles. The number of hydrogen-bond acceptors (Lipinski definition) is 4. The van der Waals surface area contributed by atoms with E-state index in [0.29, 0.717) is 13.0 Å². The van der Waals surface area contributed by atoms with Crippen LogP contribution in [0.15, 0.2) is 0 Å². The summed E-state index contributed by atoms with van der Waals surface area (Å²) in [5, 5.41) is 0.169. The van der Waals surface area contributed by atoms with E-state index >= 15 is 0 Å². The van der Waals surface area contributed by atoms with Gasteiger partial charge in [-0.3, -0.25) is 0 Å². The Balaban J connectivity index is 2.63. The average molecular weight is 288 g/mol. The minimum Gasteiger partial charge on any atom is -0.414 e. The molecule has 0 amide bonds. The van der Waals surface area contributed by atoms with Crippen molar-refractivity contribution in [2.45, 2.75) is 77.2 Å². The van der Waals surface area contributed by atoms with E-state index in [2.05, 4.69) is 33.9 Å². The minimum absolute atomic E-state index is 0.158. The third-order valence-electron chi connectivity index (χ3n) is 4.03. The van der Waals surface area contributed by atoms with Crippen LogP contribution >= 0.6 is 0 Å². The molecule has 0 N–H and O–H groups in total. The molecule has 0 aromatic rings. The second-order valence-corrected chi connectivity index (χ2v) is 12.0. The number of carbonyl (C=O) groups is 1. The molecule has 1 heterocycles. The summed E-state index contributed by atoms with van der Waals surface area (Å²) in [5.74, 6) is -0.630. The van der Waals surface area contributed by atoms with Crippen molar-refractivity contribution >= 4 is 14.6 Å². The van der Waals surface area contributed by atoms with Crippen molar-refractivity contribution in [3.63, 3.8) is 0 Å². The van der Waals surface area contributed by atoms with E-state index in [1.54, 1.807) is 0 Å². The smallest absolute Gasteiger partial charge is 0.192 e. The van der Waals surface area contributed by atoms with Gasteiger partial charge in [-0.1, -0.05) is 20.8 Å². The van der Waals surface area contributed by atoms with Gasteiger partial charge in [-0.25, -0.2) is 0 Å². The van der Waals surface area contributed by atoms with Crippen molar-refractivity contribution in [1.29, 1.82) is 0 Å². The third kappa shape index (κ3) is 4.38. The van der Waals surface area contributed by atoms with Crippen LogP contribution in [0.1, 0.15) is 41.0 Å². The molecule has 0 aromatic carbocycles. The van der Waals surface area contributed by atoms with Crippen LogP contribution in [0.2, 0.25) is 18.1 Å². The predicted octanol–water partition coefficient (Wildman–Crippen LogP) is 3.12. The fourth-order valence-corrected chi connectivity index (χ4v) is 2.87. The molecule has 1 aliphatic rings. The van der Waals surface area contributed by atoms with Crippen molar-refractivity contribution < 1.29 is 18.7 Å². The Morgan fingerprint density at radius 2 is 1.74 bits per heavy atom. The van der Waals surface area contributed by atoms with E-state index in [9.17, 15) is 4.79 Å². The molecule has 112 valence electrons. The standard InChI is InChI=1S/C14H28O4Si/c1-13(2,3)19(6,7)16-10-12-11(8-9-15)17-14(4,5)18-12/h9,11-12H,8,10H2,1-7H3/t11-,12+/m0/s1. The third-order valence-corrected chi connectivity index (χ3v) is 8.53. The lowest BCUT2D eigenvalue weighted by molar-refractivity contribution is -0.149. The van der Waals surface area contributed by atoms with Gasteiger partial charge in [0.15, 0.2) is 14.1 Å². The maximum absolute atomic E-state index is 10.7. The van der Waals surface area contributed by atoms with Gasteiger partial charge in [0.1, 0.15) is 12.4 Å². The van der Waals surface area contributed by atoms with E-state index in [1.165, 1.54) is 0 Å². The molecule has 5 heteroatoms. The minimum atomic E-state index is -1.80. The summed E-state index contributed by atoms with van der Waals surface area (Å²) in [6.45, 7) is 15.3. The first-order valence-corrected chi connectivity index (χ1v) is 9.82. The van der Waals surface area contributed by atoms with Crippen molar-refractivity contribution in [2.75, 3.05) is 6.61 Å². The van der Waals surface area contributed by atoms with Crippen LogP contribution in [-0.4, -0.2) is 39.2 Å². The molecule has 0 saturated carbocycles. The second kappa shape index (κ2) is 5.64. The number of aldehydes is 1. The zero-order valence-electron chi connectivity index (χ0n) is 13.3. The molecule has 4 nitrogen and oxygen atoms in total. The van der Waals surface area contributed by atoms with Crippen molar-refractivity contribution in [3.05, 3.63) is 0 Å². The van der Waals surface area contributed by atoms with Crippen LogP contribution in [0.4, 0.5) is 0 Å². The molecule has 1 fully saturated rings. The molecule has 19 heavy (non-hydrogen) atoms. The van der Waals surface area contributed by atoms with Crippen LogP contribution in [0.25, 0.3) is 0 Å². The zero-order chi connectivity index (χ0) is 14.9. The summed E-state index contributed by atoms with van der Waals surface area (Å²) >= 11 is 0. The van der Waals surface area contributed by atoms with Gasteiger partial charge >= 0.3 is 0 Å².